The second kappa shape index (κ2) is 6.02. The fourth-order valence-corrected chi connectivity index (χ4v) is 2.73. The average Bonchev–Trinajstić information content (AvgIpc) is 2.40. The van der Waals surface area contributed by atoms with E-state index >= 15 is 0 Å². The van der Waals surface area contributed by atoms with Gasteiger partial charge in [0.2, 0.25) is 0 Å². The zero-order chi connectivity index (χ0) is 13.7. The van der Waals surface area contributed by atoms with Crippen LogP contribution < -0.4 is 4.83 Å². The van der Waals surface area contributed by atoms with Gasteiger partial charge in [-0.2, -0.15) is 13.5 Å². The number of benzene rings is 1. The van der Waals surface area contributed by atoms with Crippen LogP contribution in [-0.2, 0) is 10.0 Å². The standard InChI is InChI=1S/C14H18N2O2S/c1-12-7-9-14(10-8-12)19(17,18)16-15-11-13-5-3-2-4-6-13/h2-3,7-11,13,16H,4-6H2,1H3/b15-11-/t13-/m1/s1. The van der Waals surface area contributed by atoms with E-state index in [0.717, 1.165) is 24.8 Å². The van der Waals surface area contributed by atoms with Crippen LogP contribution in [0.15, 0.2) is 46.4 Å². The second-order valence-corrected chi connectivity index (χ2v) is 6.39. The number of hydrogen-bond donors (Lipinski definition) is 1. The van der Waals surface area contributed by atoms with Crippen molar-refractivity contribution < 1.29 is 8.42 Å². The Morgan fingerprint density at radius 3 is 2.63 bits per heavy atom. The molecule has 0 saturated carbocycles. The van der Waals surface area contributed by atoms with Gasteiger partial charge in [-0.15, -0.1) is 0 Å². The summed E-state index contributed by atoms with van der Waals surface area (Å²) in [6.45, 7) is 1.92. The van der Waals surface area contributed by atoms with Crippen LogP contribution in [0.2, 0.25) is 0 Å². The molecule has 0 amide bonds. The van der Waals surface area contributed by atoms with Gasteiger partial charge in [-0.05, 0) is 44.2 Å². The summed E-state index contributed by atoms with van der Waals surface area (Å²) in [5.41, 5.74) is 1.02. The van der Waals surface area contributed by atoms with Crippen LogP contribution in [0, 0.1) is 12.8 Å². The maximum atomic E-state index is 11.9. The number of hydrazone groups is 1. The van der Waals surface area contributed by atoms with Gasteiger partial charge in [-0.3, -0.25) is 0 Å². The third-order valence-corrected chi connectivity index (χ3v) is 4.34. The average molecular weight is 278 g/mol. The summed E-state index contributed by atoms with van der Waals surface area (Å²) in [6, 6.07) is 6.70. The van der Waals surface area contributed by atoms with Crippen molar-refractivity contribution in [2.45, 2.75) is 31.1 Å². The lowest BCUT2D eigenvalue weighted by atomic mass is 9.96. The first-order valence-corrected chi connectivity index (χ1v) is 7.83. The molecule has 0 aromatic heterocycles. The molecule has 0 spiro atoms. The summed E-state index contributed by atoms with van der Waals surface area (Å²) in [6.07, 6.45) is 8.91. The van der Waals surface area contributed by atoms with E-state index in [1.54, 1.807) is 30.5 Å². The molecule has 1 aromatic carbocycles. The molecule has 0 saturated heterocycles. The molecule has 0 fully saturated rings. The van der Waals surface area contributed by atoms with Crippen molar-refractivity contribution >= 4 is 16.2 Å². The fraction of sp³-hybridized carbons (Fsp3) is 0.357. The summed E-state index contributed by atoms with van der Waals surface area (Å²) in [5, 5.41) is 3.87. The predicted octanol–water partition coefficient (Wildman–Crippen LogP) is 2.62. The molecule has 0 unspecified atom stereocenters. The van der Waals surface area contributed by atoms with E-state index in [2.05, 4.69) is 22.1 Å². The van der Waals surface area contributed by atoms with E-state index in [0.29, 0.717) is 5.92 Å². The van der Waals surface area contributed by atoms with Crippen LogP contribution in [0.25, 0.3) is 0 Å². The largest absolute Gasteiger partial charge is 0.276 e. The smallest absolute Gasteiger partial charge is 0.200 e. The normalized spacial score (nSPS) is 19.7. The van der Waals surface area contributed by atoms with Gasteiger partial charge in [0.1, 0.15) is 0 Å². The van der Waals surface area contributed by atoms with Crippen molar-refractivity contribution in [1.82, 2.24) is 4.83 Å². The van der Waals surface area contributed by atoms with E-state index in [4.69, 9.17) is 0 Å². The summed E-state index contributed by atoms with van der Waals surface area (Å²) in [7, 11) is -3.54. The summed E-state index contributed by atoms with van der Waals surface area (Å²) >= 11 is 0. The topological polar surface area (TPSA) is 58.5 Å². The molecule has 2 rings (SSSR count). The minimum atomic E-state index is -3.54. The zero-order valence-electron chi connectivity index (χ0n) is 10.9. The number of nitrogens with one attached hydrogen (secondary N) is 1. The van der Waals surface area contributed by atoms with Crippen LogP contribution in [-0.4, -0.2) is 14.6 Å². The molecule has 4 nitrogen and oxygen atoms in total. The Labute approximate surface area is 114 Å². The molecule has 19 heavy (non-hydrogen) atoms. The Kier molecular flexibility index (Phi) is 4.37. The Morgan fingerprint density at radius 1 is 1.26 bits per heavy atom. The lowest BCUT2D eigenvalue weighted by Crippen LogP contribution is -2.19. The lowest BCUT2D eigenvalue weighted by molar-refractivity contribution is 0.582. The molecule has 1 atom stereocenters. The van der Waals surface area contributed by atoms with E-state index in [1.807, 2.05) is 6.92 Å². The molecule has 1 aromatic rings. The maximum Gasteiger partial charge on any atom is 0.276 e. The third-order valence-electron chi connectivity index (χ3n) is 3.10. The Morgan fingerprint density at radius 2 is 2.00 bits per heavy atom. The van der Waals surface area contributed by atoms with Gasteiger partial charge < -0.3 is 0 Å². The van der Waals surface area contributed by atoms with E-state index in [9.17, 15) is 8.42 Å². The van der Waals surface area contributed by atoms with E-state index in [-0.39, 0.29) is 4.90 Å². The Bertz CT molecular complexity index is 574. The number of sulfonamides is 1. The monoisotopic (exact) mass is 278 g/mol. The second-order valence-electron chi connectivity index (χ2n) is 4.73. The van der Waals surface area contributed by atoms with Crippen LogP contribution in [0.5, 0.6) is 0 Å². The highest BCUT2D eigenvalue weighted by Crippen LogP contribution is 2.16. The van der Waals surface area contributed by atoms with E-state index in [1.165, 1.54) is 0 Å². The quantitative estimate of drug-likeness (QED) is 0.523. The Hall–Kier alpha value is -1.62. The van der Waals surface area contributed by atoms with Gasteiger partial charge in [-0.25, -0.2) is 4.83 Å². The highest BCUT2D eigenvalue weighted by molar-refractivity contribution is 7.89. The number of nitrogens with zero attached hydrogens (tertiary/aromatic N) is 1. The predicted molar refractivity (Wildman–Crippen MR) is 76.5 cm³/mol. The molecule has 1 aliphatic carbocycles. The lowest BCUT2D eigenvalue weighted by Gasteiger charge is -2.12. The number of rotatable bonds is 4. The van der Waals surface area contributed by atoms with Crippen molar-refractivity contribution in [3.05, 3.63) is 42.0 Å². The van der Waals surface area contributed by atoms with Crippen LogP contribution >= 0.6 is 0 Å². The van der Waals surface area contributed by atoms with Crippen molar-refractivity contribution in [1.29, 1.82) is 0 Å². The molecular formula is C14H18N2O2S. The van der Waals surface area contributed by atoms with Crippen LogP contribution in [0.1, 0.15) is 24.8 Å². The zero-order valence-corrected chi connectivity index (χ0v) is 11.7. The van der Waals surface area contributed by atoms with Gasteiger partial charge in [-0.1, -0.05) is 29.8 Å². The van der Waals surface area contributed by atoms with Crippen molar-refractivity contribution in [2.75, 3.05) is 0 Å². The highest BCUT2D eigenvalue weighted by Gasteiger charge is 2.12. The van der Waals surface area contributed by atoms with Crippen LogP contribution in [0.4, 0.5) is 0 Å². The number of aryl methyl sites for hydroxylation is 1. The van der Waals surface area contributed by atoms with Crippen LogP contribution in [0.3, 0.4) is 0 Å². The highest BCUT2D eigenvalue weighted by atomic mass is 32.2. The van der Waals surface area contributed by atoms with E-state index < -0.39 is 10.0 Å². The summed E-state index contributed by atoms with van der Waals surface area (Å²) < 4.78 is 23.9. The first-order valence-electron chi connectivity index (χ1n) is 6.34. The molecule has 1 N–H and O–H groups in total. The molecular weight excluding hydrogens is 260 g/mol. The van der Waals surface area contributed by atoms with Gasteiger partial charge in [0.05, 0.1) is 4.90 Å². The SMILES string of the molecule is Cc1ccc(S(=O)(=O)N/N=C\[C@@H]2CC=CCC2)cc1. The molecule has 5 heteroatoms. The van der Waals surface area contributed by atoms with Gasteiger partial charge >= 0.3 is 0 Å². The fourth-order valence-electron chi connectivity index (χ4n) is 1.93. The molecule has 0 bridgehead atoms. The third kappa shape index (κ3) is 3.92. The Balaban J connectivity index is 1.99. The van der Waals surface area contributed by atoms with Gasteiger partial charge in [0, 0.05) is 6.21 Å². The van der Waals surface area contributed by atoms with Crippen molar-refractivity contribution in [3.8, 4) is 0 Å². The number of hydrogen-bond acceptors (Lipinski definition) is 3. The summed E-state index contributed by atoms with van der Waals surface area (Å²) in [4.78, 5) is 2.49. The molecule has 0 aliphatic heterocycles. The van der Waals surface area contributed by atoms with Crippen molar-refractivity contribution in [2.24, 2.45) is 11.0 Å². The first-order chi connectivity index (χ1) is 9.08. The maximum absolute atomic E-state index is 11.9. The molecule has 1 aliphatic rings. The molecule has 0 heterocycles. The minimum Gasteiger partial charge on any atom is -0.200 e. The molecule has 102 valence electrons. The number of allylic oxidation sites excluding steroid dienone is 2. The van der Waals surface area contributed by atoms with Gasteiger partial charge in [0.25, 0.3) is 10.0 Å². The minimum absolute atomic E-state index is 0.235. The van der Waals surface area contributed by atoms with Gasteiger partial charge in [0.15, 0.2) is 0 Å². The molecule has 0 radical (unpaired) electrons. The van der Waals surface area contributed by atoms with Crippen molar-refractivity contribution in [3.63, 3.8) is 0 Å². The summed E-state index contributed by atoms with van der Waals surface area (Å²) in [5.74, 6) is 0.325. The first kappa shape index (κ1) is 13.8.